The highest BCUT2D eigenvalue weighted by molar-refractivity contribution is 9.10. The van der Waals surface area contributed by atoms with Crippen LogP contribution in [0, 0.1) is 0 Å². The SMILES string of the molecule is CC(C)(C)OC(=O)n1c(=O)n(C(=O)OC(C)(C)C)c2c(Br)cccc21. The first kappa shape index (κ1) is 19.2. The predicted molar refractivity (Wildman–Crippen MR) is 97.2 cm³/mol. The van der Waals surface area contributed by atoms with E-state index >= 15 is 0 Å². The van der Waals surface area contributed by atoms with Crippen molar-refractivity contribution in [2.24, 2.45) is 0 Å². The van der Waals surface area contributed by atoms with E-state index < -0.39 is 29.1 Å². The fraction of sp³-hybridized carbons (Fsp3) is 0.471. The van der Waals surface area contributed by atoms with E-state index in [4.69, 9.17) is 9.47 Å². The number of aromatic nitrogens is 2. The fourth-order valence-electron chi connectivity index (χ4n) is 2.17. The van der Waals surface area contributed by atoms with Crippen LogP contribution in [0.25, 0.3) is 11.0 Å². The first-order chi connectivity index (χ1) is 11.3. The Morgan fingerprint density at radius 2 is 1.40 bits per heavy atom. The van der Waals surface area contributed by atoms with Gasteiger partial charge in [0.2, 0.25) is 0 Å². The van der Waals surface area contributed by atoms with Gasteiger partial charge in [-0.3, -0.25) is 0 Å². The molecular formula is C17H21BrN2O5. The molecule has 0 unspecified atom stereocenters. The van der Waals surface area contributed by atoms with Crippen LogP contribution in [-0.4, -0.2) is 32.5 Å². The zero-order valence-electron chi connectivity index (χ0n) is 15.0. The third kappa shape index (κ3) is 4.12. The second kappa shape index (κ2) is 6.33. The zero-order valence-corrected chi connectivity index (χ0v) is 16.6. The average Bonchev–Trinajstić information content (AvgIpc) is 2.68. The number of nitrogens with zero attached hydrogens (tertiary/aromatic N) is 2. The Balaban J connectivity index is 2.72. The van der Waals surface area contributed by atoms with Crippen LogP contribution in [0.5, 0.6) is 0 Å². The summed E-state index contributed by atoms with van der Waals surface area (Å²) < 4.78 is 12.7. The minimum atomic E-state index is -0.864. The molecule has 0 N–H and O–H groups in total. The molecular weight excluding hydrogens is 392 g/mol. The lowest BCUT2D eigenvalue weighted by Gasteiger charge is -2.19. The Hall–Kier alpha value is -2.09. The molecule has 7 nitrogen and oxygen atoms in total. The maximum atomic E-state index is 12.8. The number of halogens is 1. The van der Waals surface area contributed by atoms with Crippen LogP contribution in [0.1, 0.15) is 41.5 Å². The summed E-state index contributed by atoms with van der Waals surface area (Å²) in [6.07, 6.45) is -1.72. The van der Waals surface area contributed by atoms with Gasteiger partial charge in [-0.1, -0.05) is 6.07 Å². The molecule has 2 aromatic rings. The second-order valence-corrected chi connectivity index (χ2v) is 8.38. The summed E-state index contributed by atoms with van der Waals surface area (Å²) in [5, 5.41) is 0. The smallest absolute Gasteiger partial charge is 0.423 e. The summed E-state index contributed by atoms with van der Waals surface area (Å²) in [5.74, 6) is 0. The van der Waals surface area contributed by atoms with Crippen molar-refractivity contribution in [3.05, 3.63) is 33.2 Å². The van der Waals surface area contributed by atoms with Crippen molar-refractivity contribution in [3.63, 3.8) is 0 Å². The van der Waals surface area contributed by atoms with Gasteiger partial charge in [0.15, 0.2) is 0 Å². The summed E-state index contributed by atoms with van der Waals surface area (Å²) in [6.45, 7) is 10.2. The molecule has 0 atom stereocenters. The molecule has 1 aromatic heterocycles. The summed E-state index contributed by atoms with van der Waals surface area (Å²) in [4.78, 5) is 37.8. The van der Waals surface area contributed by atoms with Crippen molar-refractivity contribution >= 4 is 39.1 Å². The van der Waals surface area contributed by atoms with Crippen molar-refractivity contribution in [3.8, 4) is 0 Å². The molecule has 8 heteroatoms. The summed E-state index contributed by atoms with van der Waals surface area (Å²) in [7, 11) is 0. The lowest BCUT2D eigenvalue weighted by atomic mass is 10.2. The van der Waals surface area contributed by atoms with Crippen LogP contribution in [0.15, 0.2) is 27.5 Å². The van der Waals surface area contributed by atoms with Gasteiger partial charge < -0.3 is 9.47 Å². The van der Waals surface area contributed by atoms with Crippen LogP contribution in [0.3, 0.4) is 0 Å². The number of imidazole rings is 1. The average molecular weight is 413 g/mol. The Bertz CT molecular complexity index is 897. The molecule has 0 radical (unpaired) electrons. The fourth-order valence-corrected chi connectivity index (χ4v) is 2.70. The second-order valence-electron chi connectivity index (χ2n) is 7.52. The highest BCUT2D eigenvalue weighted by Crippen LogP contribution is 2.25. The lowest BCUT2D eigenvalue weighted by molar-refractivity contribution is 0.0518. The molecule has 0 saturated heterocycles. The first-order valence-corrected chi connectivity index (χ1v) is 8.50. The molecule has 1 heterocycles. The van der Waals surface area contributed by atoms with E-state index in [1.807, 2.05) is 0 Å². The topological polar surface area (TPSA) is 79.5 Å². The van der Waals surface area contributed by atoms with E-state index in [9.17, 15) is 14.4 Å². The van der Waals surface area contributed by atoms with Crippen LogP contribution in [0.4, 0.5) is 9.59 Å². The van der Waals surface area contributed by atoms with Crippen molar-refractivity contribution < 1.29 is 19.1 Å². The van der Waals surface area contributed by atoms with E-state index in [1.165, 1.54) is 0 Å². The van der Waals surface area contributed by atoms with Crippen LogP contribution >= 0.6 is 15.9 Å². The van der Waals surface area contributed by atoms with Crippen LogP contribution < -0.4 is 5.69 Å². The molecule has 0 fully saturated rings. The highest BCUT2D eigenvalue weighted by Gasteiger charge is 2.29. The standard InChI is InChI=1S/C17H21BrN2O5/c1-16(2,3)24-14(22)19-11-9-7-8-10(18)12(11)20(13(19)21)15(23)25-17(4,5)6/h7-9H,1-6H3. The molecule has 0 amide bonds. The molecule has 2 rings (SSSR count). The van der Waals surface area contributed by atoms with Gasteiger partial charge in [0, 0.05) is 4.47 Å². The quantitative estimate of drug-likeness (QED) is 0.649. The molecule has 0 spiro atoms. The summed E-state index contributed by atoms with van der Waals surface area (Å²) >= 11 is 3.32. The number of para-hydroxylation sites is 1. The van der Waals surface area contributed by atoms with Crippen LogP contribution in [-0.2, 0) is 9.47 Å². The number of rotatable bonds is 0. The van der Waals surface area contributed by atoms with E-state index in [2.05, 4.69) is 15.9 Å². The highest BCUT2D eigenvalue weighted by atomic mass is 79.9. The molecule has 0 saturated carbocycles. The number of ether oxygens (including phenoxy) is 2. The van der Waals surface area contributed by atoms with Gasteiger partial charge in [0.1, 0.15) is 11.2 Å². The van der Waals surface area contributed by atoms with Gasteiger partial charge in [-0.05, 0) is 69.6 Å². The van der Waals surface area contributed by atoms with Crippen molar-refractivity contribution in [1.29, 1.82) is 0 Å². The predicted octanol–water partition coefficient (Wildman–Crippen LogP) is 4.13. The number of carbonyl (C=O) groups excluding carboxylic acids is 2. The van der Waals surface area contributed by atoms with Crippen molar-refractivity contribution in [2.75, 3.05) is 0 Å². The van der Waals surface area contributed by atoms with Gasteiger partial charge in [-0.15, -0.1) is 0 Å². The van der Waals surface area contributed by atoms with Gasteiger partial charge >= 0.3 is 17.9 Å². The normalized spacial score (nSPS) is 12.3. The Morgan fingerprint density at radius 1 is 0.920 bits per heavy atom. The molecule has 0 aliphatic rings. The third-order valence-electron chi connectivity index (χ3n) is 2.96. The molecule has 0 aliphatic heterocycles. The Labute approximate surface area is 153 Å². The van der Waals surface area contributed by atoms with Crippen molar-refractivity contribution in [1.82, 2.24) is 9.13 Å². The molecule has 136 valence electrons. The third-order valence-corrected chi connectivity index (χ3v) is 3.60. The number of hydrogen-bond donors (Lipinski definition) is 0. The molecule has 0 aliphatic carbocycles. The Kier molecular flexibility index (Phi) is 4.87. The lowest BCUT2D eigenvalue weighted by Crippen LogP contribution is -2.38. The summed E-state index contributed by atoms with van der Waals surface area (Å²) in [5.41, 5.74) is -1.93. The summed E-state index contributed by atoms with van der Waals surface area (Å²) in [6, 6.07) is 4.89. The van der Waals surface area contributed by atoms with E-state index in [1.54, 1.807) is 59.7 Å². The van der Waals surface area contributed by atoms with Gasteiger partial charge in [0.25, 0.3) is 0 Å². The van der Waals surface area contributed by atoms with E-state index in [0.717, 1.165) is 9.13 Å². The maximum absolute atomic E-state index is 12.8. The van der Waals surface area contributed by atoms with E-state index in [0.29, 0.717) is 4.47 Å². The number of benzene rings is 1. The maximum Gasteiger partial charge on any atom is 0.423 e. The monoisotopic (exact) mass is 412 g/mol. The van der Waals surface area contributed by atoms with E-state index in [-0.39, 0.29) is 11.0 Å². The van der Waals surface area contributed by atoms with Crippen LogP contribution in [0.2, 0.25) is 0 Å². The van der Waals surface area contributed by atoms with Crippen molar-refractivity contribution in [2.45, 2.75) is 52.7 Å². The number of carbonyl (C=O) groups is 2. The minimum Gasteiger partial charge on any atom is -0.443 e. The molecule has 25 heavy (non-hydrogen) atoms. The van der Waals surface area contributed by atoms with Gasteiger partial charge in [0.05, 0.1) is 11.0 Å². The van der Waals surface area contributed by atoms with Gasteiger partial charge in [-0.25, -0.2) is 14.4 Å². The first-order valence-electron chi connectivity index (χ1n) is 7.70. The minimum absolute atomic E-state index is 0.243. The largest absolute Gasteiger partial charge is 0.443 e. The molecule has 1 aromatic carbocycles. The molecule has 0 bridgehead atoms. The zero-order chi connectivity index (χ0) is 19.2. The number of hydrogen-bond acceptors (Lipinski definition) is 5. The Morgan fingerprint density at radius 3 is 1.88 bits per heavy atom. The number of fused-ring (bicyclic) bond motifs is 1. The van der Waals surface area contributed by atoms with Gasteiger partial charge in [-0.2, -0.15) is 9.13 Å².